The summed E-state index contributed by atoms with van der Waals surface area (Å²) in [6.45, 7) is 7.79. The van der Waals surface area contributed by atoms with Gasteiger partial charge in [-0.3, -0.25) is 9.59 Å². The van der Waals surface area contributed by atoms with Crippen LogP contribution in [-0.4, -0.2) is 37.9 Å². The molecule has 0 aromatic rings. The Hall–Kier alpha value is -2.14. The van der Waals surface area contributed by atoms with Crippen molar-refractivity contribution < 1.29 is 23.8 Å². The van der Waals surface area contributed by atoms with Gasteiger partial charge >= 0.3 is 11.9 Å². The van der Waals surface area contributed by atoms with Gasteiger partial charge in [-0.05, 0) is 77.0 Å². The molecule has 0 N–H and O–H groups in total. The molecule has 0 aromatic heterocycles. The molecular weight excluding hydrogens is 813 g/mol. The zero-order valence-electron chi connectivity index (χ0n) is 44.5. The fraction of sp³-hybridized carbons (Fsp3) is 0.836. The molecule has 0 aliphatic heterocycles. The second-order valence-electron chi connectivity index (χ2n) is 19.5. The molecule has 5 nitrogen and oxygen atoms in total. The Bertz CT molecular complexity index is 1090. The molecule has 0 rings (SSSR count). The van der Waals surface area contributed by atoms with Crippen molar-refractivity contribution in [3.05, 3.63) is 48.6 Å². The Balaban J connectivity index is 4.19. The van der Waals surface area contributed by atoms with Gasteiger partial charge in [0.2, 0.25) is 0 Å². The topological polar surface area (TPSA) is 61.8 Å². The maximum atomic E-state index is 12.8. The minimum atomic E-state index is -0.543. The predicted molar refractivity (Wildman–Crippen MR) is 288 cm³/mol. The van der Waals surface area contributed by atoms with Crippen LogP contribution in [0.15, 0.2) is 48.6 Å². The number of carbonyl (C=O) groups is 2. The minimum Gasteiger partial charge on any atom is -0.462 e. The van der Waals surface area contributed by atoms with Crippen LogP contribution in [0.2, 0.25) is 0 Å². The van der Waals surface area contributed by atoms with Crippen LogP contribution in [0.1, 0.15) is 303 Å². The molecular formula is C61H112O5. The molecule has 0 aliphatic carbocycles. The molecule has 66 heavy (non-hydrogen) atoms. The fourth-order valence-electron chi connectivity index (χ4n) is 8.44. The number of allylic oxidation sites excluding steroid dienone is 8. The van der Waals surface area contributed by atoms with Crippen LogP contribution in [0.25, 0.3) is 0 Å². The Morgan fingerprint density at radius 3 is 1.11 bits per heavy atom. The van der Waals surface area contributed by atoms with E-state index in [-0.39, 0.29) is 25.2 Å². The van der Waals surface area contributed by atoms with E-state index < -0.39 is 6.10 Å². The Kier molecular flexibility index (Phi) is 55.3. The lowest BCUT2D eigenvalue weighted by Crippen LogP contribution is -2.30. The summed E-state index contributed by atoms with van der Waals surface area (Å²) in [6.07, 6.45) is 71.4. The standard InChI is InChI=1S/C61H112O5/c1-4-7-10-13-16-19-22-24-26-28-30-32-34-36-38-41-44-47-50-53-56-64-57-59(66-61(63)55-52-49-46-43-39-21-18-15-12-9-6-3)58-65-60(62)54-51-48-45-42-40-37-35-33-31-29-27-25-23-20-17-14-11-8-5-2/h15,17-18,20,25,27,31,33,59H,4-14,16,19,21-24,26,28-30,32,34-58H2,1-3H3/b18-15-,20-17-,27-25-,33-31-. The first kappa shape index (κ1) is 63.9. The van der Waals surface area contributed by atoms with E-state index >= 15 is 0 Å². The number of esters is 2. The number of ether oxygens (including phenoxy) is 3. The van der Waals surface area contributed by atoms with Gasteiger partial charge in [0.15, 0.2) is 6.10 Å². The molecule has 0 saturated carbocycles. The first-order valence-corrected chi connectivity index (χ1v) is 29.2. The molecule has 1 unspecified atom stereocenters. The normalized spacial score (nSPS) is 12.5. The Morgan fingerprint density at radius 2 is 0.652 bits per heavy atom. The molecule has 1 atom stereocenters. The van der Waals surface area contributed by atoms with Crippen molar-refractivity contribution in [1.82, 2.24) is 0 Å². The van der Waals surface area contributed by atoms with Crippen LogP contribution in [0.3, 0.4) is 0 Å². The van der Waals surface area contributed by atoms with Gasteiger partial charge in [-0.2, -0.15) is 0 Å². The zero-order valence-corrected chi connectivity index (χ0v) is 44.5. The largest absolute Gasteiger partial charge is 0.462 e. The first-order chi connectivity index (χ1) is 32.6. The monoisotopic (exact) mass is 925 g/mol. The Labute approximate surface area is 412 Å². The van der Waals surface area contributed by atoms with E-state index in [1.54, 1.807) is 0 Å². The van der Waals surface area contributed by atoms with Gasteiger partial charge in [-0.1, -0.05) is 262 Å². The maximum absolute atomic E-state index is 12.8. The second-order valence-corrected chi connectivity index (χ2v) is 19.5. The smallest absolute Gasteiger partial charge is 0.306 e. The summed E-state index contributed by atoms with van der Waals surface area (Å²) in [7, 11) is 0. The summed E-state index contributed by atoms with van der Waals surface area (Å²) in [6, 6.07) is 0. The quantitative estimate of drug-likeness (QED) is 0.0345. The minimum absolute atomic E-state index is 0.0785. The molecule has 0 aromatic carbocycles. The van der Waals surface area contributed by atoms with E-state index in [1.165, 1.54) is 199 Å². The number of carbonyl (C=O) groups excluding carboxylic acids is 2. The molecule has 0 bridgehead atoms. The zero-order chi connectivity index (χ0) is 47.7. The van der Waals surface area contributed by atoms with Crippen molar-refractivity contribution in [1.29, 1.82) is 0 Å². The summed E-state index contributed by atoms with van der Waals surface area (Å²) in [4.78, 5) is 25.5. The van der Waals surface area contributed by atoms with Gasteiger partial charge in [0.1, 0.15) is 6.61 Å². The highest BCUT2D eigenvalue weighted by Gasteiger charge is 2.17. The summed E-state index contributed by atoms with van der Waals surface area (Å²) in [5.41, 5.74) is 0. The summed E-state index contributed by atoms with van der Waals surface area (Å²) >= 11 is 0. The summed E-state index contributed by atoms with van der Waals surface area (Å²) in [5, 5.41) is 0. The highest BCUT2D eigenvalue weighted by molar-refractivity contribution is 5.70. The van der Waals surface area contributed by atoms with E-state index in [1.807, 2.05) is 0 Å². The van der Waals surface area contributed by atoms with Gasteiger partial charge in [-0.25, -0.2) is 0 Å². The lowest BCUT2D eigenvalue weighted by molar-refractivity contribution is -0.163. The third kappa shape index (κ3) is 54.5. The van der Waals surface area contributed by atoms with Crippen LogP contribution in [0.5, 0.6) is 0 Å². The fourth-order valence-corrected chi connectivity index (χ4v) is 8.44. The third-order valence-corrected chi connectivity index (χ3v) is 12.8. The van der Waals surface area contributed by atoms with Crippen LogP contribution < -0.4 is 0 Å². The van der Waals surface area contributed by atoms with Crippen molar-refractivity contribution in [2.75, 3.05) is 19.8 Å². The van der Waals surface area contributed by atoms with E-state index in [2.05, 4.69) is 69.4 Å². The Morgan fingerprint density at radius 1 is 0.333 bits per heavy atom. The lowest BCUT2D eigenvalue weighted by Gasteiger charge is -2.18. The molecule has 5 heteroatoms. The molecule has 0 amide bonds. The van der Waals surface area contributed by atoms with E-state index in [4.69, 9.17) is 14.2 Å². The average Bonchev–Trinajstić information content (AvgIpc) is 3.32. The van der Waals surface area contributed by atoms with Crippen molar-refractivity contribution in [3.63, 3.8) is 0 Å². The van der Waals surface area contributed by atoms with Crippen molar-refractivity contribution in [3.8, 4) is 0 Å². The third-order valence-electron chi connectivity index (χ3n) is 12.8. The maximum Gasteiger partial charge on any atom is 0.306 e. The molecule has 0 fully saturated rings. The summed E-state index contributed by atoms with van der Waals surface area (Å²) < 4.78 is 17.5. The number of rotatable bonds is 54. The van der Waals surface area contributed by atoms with Gasteiger partial charge in [-0.15, -0.1) is 0 Å². The molecule has 386 valence electrons. The van der Waals surface area contributed by atoms with Crippen LogP contribution >= 0.6 is 0 Å². The molecule has 0 aliphatic rings. The predicted octanol–water partition coefficient (Wildman–Crippen LogP) is 19.9. The number of hydrogen-bond acceptors (Lipinski definition) is 5. The van der Waals surface area contributed by atoms with Gasteiger partial charge in [0.05, 0.1) is 6.61 Å². The summed E-state index contributed by atoms with van der Waals surface area (Å²) in [5.74, 6) is -0.409. The van der Waals surface area contributed by atoms with Crippen molar-refractivity contribution in [2.24, 2.45) is 0 Å². The van der Waals surface area contributed by atoms with E-state index in [0.717, 1.165) is 70.6 Å². The van der Waals surface area contributed by atoms with E-state index in [0.29, 0.717) is 19.4 Å². The molecule has 0 saturated heterocycles. The van der Waals surface area contributed by atoms with Crippen LogP contribution in [0.4, 0.5) is 0 Å². The van der Waals surface area contributed by atoms with Gasteiger partial charge in [0, 0.05) is 19.4 Å². The number of unbranched alkanes of at least 4 members (excludes halogenated alkanes) is 35. The van der Waals surface area contributed by atoms with Crippen LogP contribution in [-0.2, 0) is 23.8 Å². The highest BCUT2D eigenvalue weighted by Crippen LogP contribution is 2.16. The number of hydrogen-bond donors (Lipinski definition) is 0. The molecule has 0 radical (unpaired) electrons. The highest BCUT2D eigenvalue weighted by atomic mass is 16.6. The first-order valence-electron chi connectivity index (χ1n) is 29.2. The SMILES string of the molecule is CCCC/C=C\CCCCCCCC(=O)OC(COCCCCCCCCCCCCCCCCCCCCCC)COC(=O)CCCCCCCC/C=C\C/C=C\C/C=C\CCCCC. The van der Waals surface area contributed by atoms with Crippen molar-refractivity contribution >= 4 is 11.9 Å². The van der Waals surface area contributed by atoms with Crippen LogP contribution in [0, 0.1) is 0 Å². The van der Waals surface area contributed by atoms with Gasteiger partial charge < -0.3 is 14.2 Å². The average molecular weight is 926 g/mol. The van der Waals surface area contributed by atoms with Crippen molar-refractivity contribution in [2.45, 2.75) is 309 Å². The van der Waals surface area contributed by atoms with E-state index in [9.17, 15) is 9.59 Å². The lowest BCUT2D eigenvalue weighted by atomic mass is 10.0. The molecule has 0 heterocycles. The van der Waals surface area contributed by atoms with Gasteiger partial charge in [0.25, 0.3) is 0 Å². The molecule has 0 spiro atoms. The second kappa shape index (κ2) is 57.2.